The van der Waals surface area contributed by atoms with Gasteiger partial charge >= 0.3 is 0 Å². The van der Waals surface area contributed by atoms with Crippen LogP contribution < -0.4 is 0 Å². The number of unbranched alkanes of at least 4 members (excludes halogenated alkanes) is 7. The van der Waals surface area contributed by atoms with Crippen molar-refractivity contribution in [3.05, 3.63) is 0 Å². The van der Waals surface area contributed by atoms with Crippen LogP contribution in [0.1, 0.15) is 78.1 Å². The quantitative estimate of drug-likeness (QED) is 0.459. The van der Waals surface area contributed by atoms with Gasteiger partial charge in [-0.25, -0.2) is 0 Å². The van der Waals surface area contributed by atoms with Gasteiger partial charge in [-0.1, -0.05) is 65.2 Å². The zero-order valence-electron chi connectivity index (χ0n) is 12.5. The fourth-order valence-electron chi connectivity index (χ4n) is 2.34. The van der Waals surface area contributed by atoms with Crippen LogP contribution in [-0.2, 0) is 0 Å². The lowest BCUT2D eigenvalue weighted by molar-refractivity contribution is 0.264. The second-order valence-corrected chi connectivity index (χ2v) is 5.29. The monoisotopic (exact) mass is 263 g/mol. The summed E-state index contributed by atoms with van der Waals surface area (Å²) >= 11 is 0. The van der Waals surface area contributed by atoms with Crippen LogP contribution in [0, 0.1) is 0 Å². The minimum atomic E-state index is 0. The molecule has 0 aromatic carbocycles. The molecule has 0 aliphatic heterocycles. The Balaban J connectivity index is 0. The number of hydrogen-bond donors (Lipinski definition) is 0. The van der Waals surface area contributed by atoms with Crippen LogP contribution in [0.15, 0.2) is 0 Å². The van der Waals surface area contributed by atoms with Crippen LogP contribution >= 0.6 is 12.4 Å². The number of nitrogens with zero attached hydrogens (tertiary/aromatic N) is 1. The van der Waals surface area contributed by atoms with Crippen molar-refractivity contribution in [2.45, 2.75) is 84.1 Å². The Labute approximate surface area is 116 Å². The molecule has 0 saturated carbocycles. The van der Waals surface area contributed by atoms with E-state index in [0.717, 1.165) is 6.04 Å². The number of halogens is 1. The maximum atomic E-state index is 2.38. The van der Waals surface area contributed by atoms with Crippen molar-refractivity contribution in [2.75, 3.05) is 14.1 Å². The minimum absolute atomic E-state index is 0. The van der Waals surface area contributed by atoms with Crippen LogP contribution in [0.4, 0.5) is 0 Å². The van der Waals surface area contributed by atoms with Crippen molar-refractivity contribution in [1.29, 1.82) is 0 Å². The van der Waals surface area contributed by atoms with Crippen molar-refractivity contribution in [2.24, 2.45) is 0 Å². The van der Waals surface area contributed by atoms with Gasteiger partial charge in [0.25, 0.3) is 0 Å². The molecule has 0 N–H and O–H groups in total. The highest BCUT2D eigenvalue weighted by molar-refractivity contribution is 5.85. The standard InChI is InChI=1S/C15H33N.ClH/c1-5-7-8-9-10-11-12-13-14-15(6-2)16(3)4;/h15H,5-14H2,1-4H3;1H. The Morgan fingerprint density at radius 1 is 0.765 bits per heavy atom. The molecule has 2 heteroatoms. The van der Waals surface area contributed by atoms with Gasteiger partial charge in [0.1, 0.15) is 0 Å². The lowest BCUT2D eigenvalue weighted by atomic mass is 10.0. The Kier molecular flexibility index (Phi) is 16.5. The van der Waals surface area contributed by atoms with Crippen molar-refractivity contribution < 1.29 is 0 Å². The third-order valence-electron chi connectivity index (χ3n) is 3.59. The molecule has 0 aromatic rings. The molecule has 0 rings (SSSR count). The maximum Gasteiger partial charge on any atom is 0.00865 e. The Morgan fingerprint density at radius 3 is 1.65 bits per heavy atom. The van der Waals surface area contributed by atoms with E-state index in [1.807, 2.05) is 0 Å². The summed E-state index contributed by atoms with van der Waals surface area (Å²) in [6.07, 6.45) is 14.2. The summed E-state index contributed by atoms with van der Waals surface area (Å²) in [5, 5.41) is 0. The summed E-state index contributed by atoms with van der Waals surface area (Å²) in [7, 11) is 4.41. The molecule has 17 heavy (non-hydrogen) atoms. The van der Waals surface area contributed by atoms with Gasteiger partial charge < -0.3 is 4.90 Å². The minimum Gasteiger partial charge on any atom is -0.306 e. The molecule has 1 nitrogen and oxygen atoms in total. The van der Waals surface area contributed by atoms with Crippen molar-refractivity contribution in [3.8, 4) is 0 Å². The van der Waals surface area contributed by atoms with Crippen molar-refractivity contribution in [1.82, 2.24) is 4.90 Å². The molecular weight excluding hydrogens is 230 g/mol. The molecule has 0 heterocycles. The summed E-state index contributed by atoms with van der Waals surface area (Å²) in [4.78, 5) is 2.38. The van der Waals surface area contributed by atoms with Gasteiger partial charge in [0.2, 0.25) is 0 Å². The molecule has 0 aliphatic rings. The molecule has 0 radical (unpaired) electrons. The highest BCUT2D eigenvalue weighted by atomic mass is 35.5. The molecule has 0 bridgehead atoms. The summed E-state index contributed by atoms with van der Waals surface area (Å²) in [6, 6.07) is 0.806. The molecule has 0 spiro atoms. The van der Waals surface area contributed by atoms with E-state index in [0.29, 0.717) is 0 Å². The SMILES string of the molecule is CCCCCCCCCCC(CC)N(C)C.Cl. The zero-order valence-corrected chi connectivity index (χ0v) is 13.3. The van der Waals surface area contributed by atoms with E-state index in [4.69, 9.17) is 0 Å². The highest BCUT2D eigenvalue weighted by Crippen LogP contribution is 2.13. The fraction of sp³-hybridized carbons (Fsp3) is 1.00. The van der Waals surface area contributed by atoms with E-state index in [1.54, 1.807) is 0 Å². The van der Waals surface area contributed by atoms with Crippen LogP contribution in [0.25, 0.3) is 0 Å². The maximum absolute atomic E-state index is 2.38. The van der Waals surface area contributed by atoms with Crippen LogP contribution in [-0.4, -0.2) is 25.0 Å². The molecular formula is C15H34ClN. The molecule has 1 unspecified atom stereocenters. The van der Waals surface area contributed by atoms with Gasteiger partial charge in [0.05, 0.1) is 0 Å². The lowest BCUT2D eigenvalue weighted by Crippen LogP contribution is -2.26. The predicted octanol–water partition coefficient (Wildman–Crippen LogP) is 5.28. The van der Waals surface area contributed by atoms with E-state index in [1.165, 1.54) is 64.2 Å². The van der Waals surface area contributed by atoms with Crippen LogP contribution in [0.2, 0.25) is 0 Å². The van der Waals surface area contributed by atoms with Gasteiger partial charge in [-0.15, -0.1) is 12.4 Å². The lowest BCUT2D eigenvalue weighted by Gasteiger charge is -2.22. The largest absolute Gasteiger partial charge is 0.306 e. The zero-order chi connectivity index (χ0) is 12.2. The number of rotatable bonds is 11. The predicted molar refractivity (Wildman–Crippen MR) is 82.2 cm³/mol. The van der Waals surface area contributed by atoms with E-state index in [-0.39, 0.29) is 12.4 Å². The normalized spacial score (nSPS) is 12.5. The second kappa shape index (κ2) is 14.3. The van der Waals surface area contributed by atoms with Gasteiger partial charge in [-0.3, -0.25) is 0 Å². The van der Waals surface area contributed by atoms with Gasteiger partial charge in [-0.05, 0) is 26.9 Å². The summed E-state index contributed by atoms with van der Waals surface area (Å²) in [6.45, 7) is 4.58. The average Bonchev–Trinajstić information content (AvgIpc) is 2.26. The van der Waals surface area contributed by atoms with Crippen LogP contribution in [0.5, 0.6) is 0 Å². The van der Waals surface area contributed by atoms with Gasteiger partial charge in [0, 0.05) is 6.04 Å². The molecule has 0 fully saturated rings. The van der Waals surface area contributed by atoms with Crippen LogP contribution in [0.3, 0.4) is 0 Å². The van der Waals surface area contributed by atoms with Gasteiger partial charge in [-0.2, -0.15) is 0 Å². The number of hydrogen-bond acceptors (Lipinski definition) is 1. The van der Waals surface area contributed by atoms with E-state index in [9.17, 15) is 0 Å². The smallest absolute Gasteiger partial charge is 0.00865 e. The fourth-order valence-corrected chi connectivity index (χ4v) is 2.34. The Morgan fingerprint density at radius 2 is 1.24 bits per heavy atom. The first-order valence-corrected chi connectivity index (χ1v) is 7.38. The Hall–Kier alpha value is 0.250. The van der Waals surface area contributed by atoms with Crippen molar-refractivity contribution in [3.63, 3.8) is 0 Å². The molecule has 1 atom stereocenters. The third kappa shape index (κ3) is 12.5. The third-order valence-corrected chi connectivity index (χ3v) is 3.59. The average molecular weight is 264 g/mol. The first-order chi connectivity index (χ1) is 7.72. The highest BCUT2D eigenvalue weighted by Gasteiger charge is 2.07. The van der Waals surface area contributed by atoms with Crippen molar-refractivity contribution >= 4 is 12.4 Å². The first kappa shape index (κ1) is 19.6. The molecule has 0 aliphatic carbocycles. The summed E-state index contributed by atoms with van der Waals surface area (Å²) < 4.78 is 0. The second-order valence-electron chi connectivity index (χ2n) is 5.29. The molecule has 0 amide bonds. The van der Waals surface area contributed by atoms with Gasteiger partial charge in [0.15, 0.2) is 0 Å². The van der Waals surface area contributed by atoms with E-state index >= 15 is 0 Å². The summed E-state index contributed by atoms with van der Waals surface area (Å²) in [5.41, 5.74) is 0. The topological polar surface area (TPSA) is 3.24 Å². The molecule has 106 valence electrons. The van der Waals surface area contributed by atoms with E-state index < -0.39 is 0 Å². The first-order valence-electron chi connectivity index (χ1n) is 7.38. The molecule has 0 saturated heterocycles. The van der Waals surface area contributed by atoms with E-state index in [2.05, 4.69) is 32.8 Å². The summed E-state index contributed by atoms with van der Waals surface area (Å²) in [5.74, 6) is 0. The Bertz CT molecular complexity index is 137. The molecule has 0 aromatic heterocycles.